The zero-order valence-corrected chi connectivity index (χ0v) is 24.1. The Morgan fingerprint density at radius 3 is 1.95 bits per heavy atom. The van der Waals surface area contributed by atoms with Gasteiger partial charge in [0.1, 0.15) is 0 Å². The lowest BCUT2D eigenvalue weighted by molar-refractivity contribution is 0.405. The Labute approximate surface area is 230 Å². The fourth-order valence-corrected chi connectivity index (χ4v) is 5.60. The molecule has 0 bridgehead atoms. The Morgan fingerprint density at radius 1 is 0.658 bits per heavy atom. The van der Waals surface area contributed by atoms with E-state index in [-0.39, 0.29) is 5.54 Å². The smallest absolute Gasteiger partial charge is 0.0625 e. The maximum Gasteiger partial charge on any atom is 0.0625 e. The van der Waals surface area contributed by atoms with E-state index in [0.717, 1.165) is 25.7 Å². The summed E-state index contributed by atoms with van der Waals surface area (Å²) in [5, 5.41) is 4.01. The van der Waals surface area contributed by atoms with Gasteiger partial charge in [-0.15, -0.1) is 0 Å². The molecule has 0 atom stereocenters. The molecule has 1 heteroatoms. The molecule has 0 saturated heterocycles. The first-order valence-corrected chi connectivity index (χ1v) is 14.2. The van der Waals surface area contributed by atoms with Crippen molar-refractivity contribution in [2.24, 2.45) is 0 Å². The third kappa shape index (κ3) is 6.27. The quantitative estimate of drug-likeness (QED) is 0.213. The number of aryl methyl sites for hydroxylation is 4. The van der Waals surface area contributed by atoms with Crippen LogP contribution >= 0.6 is 0 Å². The second-order valence-corrected chi connectivity index (χ2v) is 10.9. The van der Waals surface area contributed by atoms with Crippen molar-refractivity contribution < 1.29 is 0 Å². The molecule has 4 aromatic carbocycles. The number of anilines is 1. The molecule has 0 unspecified atom stereocenters. The van der Waals surface area contributed by atoms with Gasteiger partial charge in [0.05, 0.1) is 5.54 Å². The predicted molar refractivity (Wildman–Crippen MR) is 167 cm³/mol. The summed E-state index contributed by atoms with van der Waals surface area (Å²) in [6, 6.07) is 33.5. The van der Waals surface area contributed by atoms with Gasteiger partial charge in [-0.25, -0.2) is 0 Å². The van der Waals surface area contributed by atoms with Crippen molar-refractivity contribution in [3.05, 3.63) is 136 Å². The molecule has 0 heterocycles. The van der Waals surface area contributed by atoms with Crippen LogP contribution in [-0.4, -0.2) is 0 Å². The van der Waals surface area contributed by atoms with Crippen molar-refractivity contribution in [2.75, 3.05) is 5.32 Å². The summed E-state index contributed by atoms with van der Waals surface area (Å²) in [7, 11) is 0. The monoisotopic (exact) mass is 501 g/mol. The molecule has 4 rings (SSSR count). The van der Waals surface area contributed by atoms with E-state index < -0.39 is 0 Å². The van der Waals surface area contributed by atoms with Gasteiger partial charge in [0.15, 0.2) is 0 Å². The van der Waals surface area contributed by atoms with Crippen LogP contribution in [0.4, 0.5) is 5.69 Å². The van der Waals surface area contributed by atoms with E-state index in [1.54, 1.807) is 0 Å². The topological polar surface area (TPSA) is 12.0 Å². The largest absolute Gasteiger partial charge is 0.375 e. The average molecular weight is 502 g/mol. The van der Waals surface area contributed by atoms with Gasteiger partial charge in [-0.3, -0.25) is 0 Å². The molecule has 1 nitrogen and oxygen atoms in total. The number of benzene rings is 4. The van der Waals surface area contributed by atoms with E-state index in [4.69, 9.17) is 0 Å². The molecule has 0 aliphatic rings. The molecule has 0 spiro atoms. The Bertz CT molecular complexity index is 1370. The van der Waals surface area contributed by atoms with Crippen LogP contribution in [-0.2, 0) is 5.54 Å². The van der Waals surface area contributed by atoms with Gasteiger partial charge in [-0.05, 0) is 97.2 Å². The summed E-state index contributed by atoms with van der Waals surface area (Å²) in [6.45, 7) is 13.3. The predicted octanol–water partition coefficient (Wildman–Crippen LogP) is 10.4. The van der Waals surface area contributed by atoms with Crippen LogP contribution < -0.4 is 5.32 Å². The van der Waals surface area contributed by atoms with Crippen molar-refractivity contribution in [1.82, 2.24) is 0 Å². The van der Waals surface area contributed by atoms with Gasteiger partial charge in [-0.1, -0.05) is 117 Å². The third-order valence-electron chi connectivity index (χ3n) is 7.79. The summed E-state index contributed by atoms with van der Waals surface area (Å²) in [5.41, 5.74) is 12.7. The van der Waals surface area contributed by atoms with Crippen molar-refractivity contribution in [3.63, 3.8) is 0 Å². The first kappa shape index (κ1) is 27.5. The molecular formula is C37H43N. The van der Waals surface area contributed by atoms with Crippen LogP contribution in [0.25, 0.3) is 11.6 Å². The minimum absolute atomic E-state index is 0.0813. The van der Waals surface area contributed by atoms with Crippen molar-refractivity contribution >= 4 is 17.3 Å². The van der Waals surface area contributed by atoms with E-state index in [0.29, 0.717) is 0 Å². The molecule has 0 aromatic heterocycles. The Kier molecular flexibility index (Phi) is 8.89. The lowest BCUT2D eigenvalue weighted by Gasteiger charge is -2.37. The van der Waals surface area contributed by atoms with Gasteiger partial charge in [-0.2, -0.15) is 0 Å². The highest BCUT2D eigenvalue weighted by Gasteiger charge is 2.30. The summed E-state index contributed by atoms with van der Waals surface area (Å²) in [4.78, 5) is 0. The summed E-state index contributed by atoms with van der Waals surface area (Å²) >= 11 is 0. The molecule has 1 N–H and O–H groups in total. The highest BCUT2D eigenvalue weighted by atomic mass is 15.0. The van der Waals surface area contributed by atoms with Crippen LogP contribution in [0, 0.1) is 27.7 Å². The van der Waals surface area contributed by atoms with Crippen LogP contribution in [0.5, 0.6) is 0 Å². The highest BCUT2D eigenvalue weighted by molar-refractivity contribution is 5.91. The molecule has 0 saturated carbocycles. The zero-order valence-electron chi connectivity index (χ0n) is 24.1. The van der Waals surface area contributed by atoms with E-state index in [1.165, 1.54) is 55.8 Å². The normalized spacial score (nSPS) is 12.0. The van der Waals surface area contributed by atoms with Crippen LogP contribution in [0.15, 0.2) is 91.0 Å². The van der Waals surface area contributed by atoms with Crippen LogP contribution in [0.1, 0.15) is 84.0 Å². The number of nitrogens with one attached hydrogen (secondary N) is 1. The van der Waals surface area contributed by atoms with Crippen LogP contribution in [0.2, 0.25) is 0 Å². The van der Waals surface area contributed by atoms with Crippen molar-refractivity contribution in [1.29, 1.82) is 0 Å². The molecule has 0 fully saturated rings. The number of hydrogen-bond donors (Lipinski definition) is 1. The number of rotatable bonds is 10. The summed E-state index contributed by atoms with van der Waals surface area (Å²) < 4.78 is 0. The lowest BCUT2D eigenvalue weighted by Crippen LogP contribution is -2.35. The van der Waals surface area contributed by atoms with Crippen molar-refractivity contribution in [2.45, 2.75) is 72.8 Å². The lowest BCUT2D eigenvalue weighted by atomic mass is 9.80. The van der Waals surface area contributed by atoms with E-state index in [1.807, 2.05) is 0 Å². The van der Waals surface area contributed by atoms with E-state index >= 15 is 0 Å². The molecule has 0 aliphatic carbocycles. The molecule has 196 valence electrons. The van der Waals surface area contributed by atoms with Gasteiger partial charge in [0.25, 0.3) is 0 Å². The van der Waals surface area contributed by atoms with Gasteiger partial charge >= 0.3 is 0 Å². The summed E-state index contributed by atoms with van der Waals surface area (Å²) in [6.07, 6.45) is 6.79. The molecule has 38 heavy (non-hydrogen) atoms. The minimum Gasteiger partial charge on any atom is -0.375 e. The molecule has 0 radical (unpaired) electrons. The molecular weight excluding hydrogens is 458 g/mol. The summed E-state index contributed by atoms with van der Waals surface area (Å²) in [5.74, 6) is 0. The fraction of sp³-hybridized carbons (Fsp3) is 0.297. The first-order valence-electron chi connectivity index (χ1n) is 14.2. The Hall–Kier alpha value is -3.58. The van der Waals surface area contributed by atoms with Gasteiger partial charge in [0.2, 0.25) is 0 Å². The maximum absolute atomic E-state index is 4.01. The molecule has 4 aromatic rings. The number of hydrogen-bond acceptors (Lipinski definition) is 1. The minimum atomic E-state index is -0.0813. The second-order valence-electron chi connectivity index (χ2n) is 10.9. The van der Waals surface area contributed by atoms with Gasteiger partial charge < -0.3 is 5.32 Å². The van der Waals surface area contributed by atoms with E-state index in [2.05, 4.69) is 144 Å². The highest BCUT2D eigenvalue weighted by Crippen LogP contribution is 2.37. The van der Waals surface area contributed by atoms with Crippen molar-refractivity contribution in [3.8, 4) is 0 Å². The molecule has 0 amide bonds. The Balaban J connectivity index is 1.75. The van der Waals surface area contributed by atoms with Gasteiger partial charge in [0, 0.05) is 5.69 Å². The Morgan fingerprint density at radius 2 is 1.34 bits per heavy atom. The van der Waals surface area contributed by atoms with E-state index in [9.17, 15) is 0 Å². The maximum atomic E-state index is 4.01. The SMILES string of the molecule is CCCC(CCC)(Nc1ccc(C)cc1C)c1ccc(/C=C(/c2ccccc2)c2ccc(C)c(C)c2)cc1. The fourth-order valence-electron chi connectivity index (χ4n) is 5.60. The standard InChI is InChI=1S/C37H43N/c1-7-22-37(23-8-2,38-36-21-14-27(3)24-30(36)6)34-19-16-31(17-20-34)26-35(32-12-10-9-11-13-32)33-18-15-28(4)29(5)25-33/h9-21,24-26,38H,7-8,22-23H2,1-6H3/b35-26-. The van der Waals surface area contributed by atoms with Crippen LogP contribution in [0.3, 0.4) is 0 Å². The average Bonchev–Trinajstić information content (AvgIpc) is 2.91. The zero-order chi connectivity index (χ0) is 27.1. The first-order chi connectivity index (χ1) is 18.3. The second kappa shape index (κ2) is 12.3. The third-order valence-corrected chi connectivity index (χ3v) is 7.79. The molecule has 0 aliphatic heterocycles.